The number of hydrogen-bond donors (Lipinski definition) is 0. The molecule has 0 aliphatic rings. The summed E-state index contributed by atoms with van der Waals surface area (Å²) >= 11 is 0. The lowest BCUT2D eigenvalue weighted by Crippen LogP contribution is -2.12. The molecular formula is C47H30N2O. The summed E-state index contributed by atoms with van der Waals surface area (Å²) in [6.45, 7) is 0. The van der Waals surface area contributed by atoms with E-state index in [1.807, 2.05) is 12.3 Å². The fraction of sp³-hybridized carbons (Fsp3) is 0. The van der Waals surface area contributed by atoms with Crippen molar-refractivity contribution in [2.45, 2.75) is 0 Å². The minimum absolute atomic E-state index is 0.809. The van der Waals surface area contributed by atoms with Gasteiger partial charge in [-0.3, -0.25) is 4.90 Å². The van der Waals surface area contributed by atoms with Gasteiger partial charge in [0.25, 0.3) is 0 Å². The Morgan fingerprint density at radius 3 is 1.62 bits per heavy atom. The highest BCUT2D eigenvalue weighted by Gasteiger charge is 2.22. The number of benzene rings is 8. The molecule has 0 spiro atoms. The van der Waals surface area contributed by atoms with Gasteiger partial charge in [-0.25, -0.2) is 4.98 Å². The lowest BCUT2D eigenvalue weighted by molar-refractivity contribution is 0.669. The normalized spacial score (nSPS) is 11.6. The second-order valence-corrected chi connectivity index (χ2v) is 12.9. The molecule has 0 amide bonds. The molecule has 0 saturated heterocycles. The summed E-state index contributed by atoms with van der Waals surface area (Å²) in [5, 5.41) is 9.28. The molecule has 0 aliphatic heterocycles. The van der Waals surface area contributed by atoms with E-state index in [-0.39, 0.29) is 0 Å². The Balaban J connectivity index is 1.16. The van der Waals surface area contributed by atoms with Crippen molar-refractivity contribution in [2.75, 3.05) is 4.90 Å². The van der Waals surface area contributed by atoms with E-state index >= 15 is 0 Å². The zero-order chi connectivity index (χ0) is 33.0. The highest BCUT2D eigenvalue weighted by molar-refractivity contribution is 6.15. The van der Waals surface area contributed by atoms with Crippen LogP contribution in [0.1, 0.15) is 0 Å². The smallest absolute Gasteiger partial charge is 0.149 e. The van der Waals surface area contributed by atoms with Crippen molar-refractivity contribution < 1.29 is 4.42 Å². The number of pyridine rings is 1. The summed E-state index contributed by atoms with van der Waals surface area (Å²) in [6.07, 6.45) is 1.85. The van der Waals surface area contributed by atoms with Crippen molar-refractivity contribution in [3.8, 4) is 22.3 Å². The van der Waals surface area contributed by atoms with E-state index in [9.17, 15) is 0 Å². The van der Waals surface area contributed by atoms with E-state index < -0.39 is 0 Å². The third-order valence-electron chi connectivity index (χ3n) is 9.84. The summed E-state index contributed by atoms with van der Waals surface area (Å²) in [7, 11) is 0. The van der Waals surface area contributed by atoms with Gasteiger partial charge in [0.2, 0.25) is 0 Å². The monoisotopic (exact) mass is 638 g/mol. The first-order valence-corrected chi connectivity index (χ1v) is 16.9. The maximum absolute atomic E-state index is 6.50. The first-order chi connectivity index (χ1) is 24.7. The molecule has 0 fully saturated rings. The third-order valence-corrected chi connectivity index (χ3v) is 9.84. The van der Waals surface area contributed by atoms with Crippen LogP contribution in [0.3, 0.4) is 0 Å². The first-order valence-electron chi connectivity index (χ1n) is 16.9. The van der Waals surface area contributed by atoms with Gasteiger partial charge in [0, 0.05) is 23.0 Å². The van der Waals surface area contributed by atoms with Gasteiger partial charge in [0.1, 0.15) is 17.0 Å². The Kier molecular flexibility index (Phi) is 6.49. The largest absolute Gasteiger partial charge is 0.456 e. The van der Waals surface area contributed by atoms with E-state index in [1.165, 1.54) is 38.1 Å². The Hall–Kier alpha value is -6.71. The van der Waals surface area contributed by atoms with Crippen LogP contribution in [0.5, 0.6) is 0 Å². The first kappa shape index (κ1) is 28.3. The number of hydrogen-bond acceptors (Lipinski definition) is 3. The lowest BCUT2D eigenvalue weighted by atomic mass is 10.00. The highest BCUT2D eigenvalue weighted by atomic mass is 16.3. The van der Waals surface area contributed by atoms with E-state index in [0.29, 0.717) is 0 Å². The number of fused-ring (bicyclic) bond motifs is 6. The van der Waals surface area contributed by atoms with E-state index in [0.717, 1.165) is 55.6 Å². The standard InChI is InChI=1S/C47H30N2O/c1-3-10-34-26-39(18-16-31(34)8-1)33-20-22-41(23-21-33)49(42-15-7-14-36(28-42)40-19-17-32-9-2-4-11-35(32)27-40)47-46-43-29-37-12-5-6-13-38(37)30-45(43)50-44(46)24-25-48-47/h1-30H. The van der Waals surface area contributed by atoms with Crippen LogP contribution >= 0.6 is 0 Å². The molecule has 8 aromatic carbocycles. The molecule has 234 valence electrons. The van der Waals surface area contributed by atoms with Crippen molar-refractivity contribution in [3.05, 3.63) is 182 Å². The van der Waals surface area contributed by atoms with Gasteiger partial charge in [-0.1, -0.05) is 121 Å². The minimum atomic E-state index is 0.809. The molecule has 2 aromatic heterocycles. The molecule has 0 radical (unpaired) electrons. The molecule has 3 nitrogen and oxygen atoms in total. The summed E-state index contributed by atoms with van der Waals surface area (Å²) in [5.74, 6) is 0.825. The molecule has 0 bridgehead atoms. The van der Waals surface area contributed by atoms with E-state index in [4.69, 9.17) is 9.40 Å². The summed E-state index contributed by atoms with van der Waals surface area (Å²) in [4.78, 5) is 7.35. The Morgan fingerprint density at radius 1 is 0.380 bits per heavy atom. The lowest BCUT2D eigenvalue weighted by Gasteiger charge is -2.26. The van der Waals surface area contributed by atoms with Crippen molar-refractivity contribution in [3.63, 3.8) is 0 Å². The number of rotatable bonds is 5. The number of furan rings is 1. The Bertz CT molecular complexity index is 2890. The number of anilines is 3. The molecule has 0 unspecified atom stereocenters. The van der Waals surface area contributed by atoms with Gasteiger partial charge < -0.3 is 4.42 Å². The van der Waals surface area contributed by atoms with Crippen LogP contribution in [0, 0.1) is 0 Å². The molecule has 0 saturated carbocycles. The van der Waals surface area contributed by atoms with E-state index in [1.54, 1.807) is 0 Å². The predicted octanol–water partition coefficient (Wildman–Crippen LogP) is 13.2. The third kappa shape index (κ3) is 4.79. The van der Waals surface area contributed by atoms with Crippen LogP contribution in [0.4, 0.5) is 17.2 Å². The maximum Gasteiger partial charge on any atom is 0.149 e. The van der Waals surface area contributed by atoms with Crippen LogP contribution in [-0.2, 0) is 0 Å². The molecule has 10 rings (SSSR count). The minimum Gasteiger partial charge on any atom is -0.456 e. The molecule has 10 aromatic rings. The molecule has 0 atom stereocenters. The van der Waals surface area contributed by atoms with Crippen LogP contribution in [0.25, 0.3) is 76.5 Å². The quantitative estimate of drug-likeness (QED) is 0.188. The van der Waals surface area contributed by atoms with Crippen molar-refractivity contribution >= 4 is 71.4 Å². The average Bonchev–Trinajstić information content (AvgIpc) is 3.55. The Morgan fingerprint density at radius 2 is 0.940 bits per heavy atom. The molecule has 3 heteroatoms. The second kappa shape index (κ2) is 11.5. The molecule has 0 aliphatic carbocycles. The second-order valence-electron chi connectivity index (χ2n) is 12.9. The zero-order valence-electron chi connectivity index (χ0n) is 27.1. The maximum atomic E-state index is 6.50. The number of nitrogens with zero attached hydrogens (tertiary/aromatic N) is 2. The van der Waals surface area contributed by atoms with Crippen molar-refractivity contribution in [1.82, 2.24) is 4.98 Å². The Labute approximate surface area is 289 Å². The fourth-order valence-corrected chi connectivity index (χ4v) is 7.32. The predicted molar refractivity (Wildman–Crippen MR) is 210 cm³/mol. The van der Waals surface area contributed by atoms with Crippen molar-refractivity contribution in [1.29, 1.82) is 0 Å². The summed E-state index contributed by atoms with van der Waals surface area (Å²) < 4.78 is 6.50. The summed E-state index contributed by atoms with van der Waals surface area (Å²) in [5.41, 5.74) is 8.35. The zero-order valence-corrected chi connectivity index (χ0v) is 27.1. The van der Waals surface area contributed by atoms with Gasteiger partial charge in [-0.15, -0.1) is 0 Å². The van der Waals surface area contributed by atoms with Gasteiger partial charge in [0.05, 0.1) is 5.39 Å². The van der Waals surface area contributed by atoms with Gasteiger partial charge >= 0.3 is 0 Å². The van der Waals surface area contributed by atoms with Crippen molar-refractivity contribution in [2.24, 2.45) is 0 Å². The van der Waals surface area contributed by atoms with E-state index in [2.05, 4.69) is 175 Å². The van der Waals surface area contributed by atoms with Crippen LogP contribution in [-0.4, -0.2) is 4.98 Å². The van der Waals surface area contributed by atoms with Gasteiger partial charge in [-0.2, -0.15) is 0 Å². The highest BCUT2D eigenvalue weighted by Crippen LogP contribution is 2.43. The van der Waals surface area contributed by atoms with Gasteiger partial charge in [0.15, 0.2) is 0 Å². The van der Waals surface area contributed by atoms with Crippen LogP contribution < -0.4 is 4.90 Å². The molecular weight excluding hydrogens is 609 g/mol. The fourth-order valence-electron chi connectivity index (χ4n) is 7.32. The average molecular weight is 639 g/mol. The van der Waals surface area contributed by atoms with Gasteiger partial charge in [-0.05, 0) is 109 Å². The topological polar surface area (TPSA) is 29.3 Å². The number of aromatic nitrogens is 1. The molecule has 0 N–H and O–H groups in total. The van der Waals surface area contributed by atoms with Crippen LogP contribution in [0.2, 0.25) is 0 Å². The van der Waals surface area contributed by atoms with Crippen LogP contribution in [0.15, 0.2) is 187 Å². The molecule has 50 heavy (non-hydrogen) atoms. The summed E-state index contributed by atoms with van der Waals surface area (Å²) in [6, 6.07) is 62.7. The SMILES string of the molecule is c1cc(-c2ccc3ccccc3c2)cc(N(c2ccc(-c3ccc4ccccc4c3)cc2)c2nccc3oc4cc5ccccc5cc4c23)c1. The molecule has 2 heterocycles.